The lowest BCUT2D eigenvalue weighted by Gasteiger charge is -2.23. The van der Waals surface area contributed by atoms with Crippen molar-refractivity contribution in [1.29, 1.82) is 5.26 Å². The zero-order chi connectivity index (χ0) is 25.3. The summed E-state index contributed by atoms with van der Waals surface area (Å²) in [7, 11) is -3.32. The second-order valence-corrected chi connectivity index (χ2v) is 10.4. The molecule has 4 rings (SSSR count). The lowest BCUT2D eigenvalue weighted by molar-refractivity contribution is 0.209. The molecular formula is C27H29N3O4S. The predicted molar refractivity (Wildman–Crippen MR) is 138 cm³/mol. The number of nitrogens with zero attached hydrogens (tertiary/aromatic N) is 1. The normalized spacial score (nSPS) is 13.6. The van der Waals surface area contributed by atoms with Crippen LogP contribution in [0.1, 0.15) is 37.7 Å². The number of rotatable bonds is 5. The molecular weight excluding hydrogens is 462 g/mol. The van der Waals surface area contributed by atoms with Crippen molar-refractivity contribution in [2.24, 2.45) is 0 Å². The third-order valence-electron chi connectivity index (χ3n) is 5.70. The van der Waals surface area contributed by atoms with Crippen LogP contribution in [0.25, 0.3) is 11.1 Å². The molecule has 8 heteroatoms. The number of nitriles is 1. The van der Waals surface area contributed by atoms with Crippen LogP contribution in [0.2, 0.25) is 0 Å². The van der Waals surface area contributed by atoms with Crippen molar-refractivity contribution in [2.45, 2.75) is 43.0 Å². The average Bonchev–Trinajstić information content (AvgIpc) is 2.85. The second-order valence-electron chi connectivity index (χ2n) is 8.45. The van der Waals surface area contributed by atoms with Gasteiger partial charge in [0.2, 0.25) is 0 Å². The van der Waals surface area contributed by atoms with E-state index in [-0.39, 0.29) is 4.90 Å². The first-order chi connectivity index (χ1) is 16.8. The molecule has 0 bridgehead atoms. The Kier molecular flexibility index (Phi) is 8.87. The fourth-order valence-electron chi connectivity index (χ4n) is 4.05. The third kappa shape index (κ3) is 7.87. The van der Waals surface area contributed by atoms with Crippen LogP contribution in [0, 0.1) is 11.3 Å². The van der Waals surface area contributed by atoms with Crippen LogP contribution in [-0.2, 0) is 9.84 Å². The summed E-state index contributed by atoms with van der Waals surface area (Å²) in [4.78, 5) is 10.8. The molecule has 3 aromatic rings. The van der Waals surface area contributed by atoms with Gasteiger partial charge in [0.25, 0.3) is 0 Å². The van der Waals surface area contributed by atoms with E-state index in [1.165, 1.54) is 32.1 Å². The van der Waals surface area contributed by atoms with Crippen LogP contribution in [-0.4, -0.2) is 31.9 Å². The molecule has 0 saturated heterocycles. The number of hydrogen-bond acceptors (Lipinski definition) is 5. The average molecular weight is 492 g/mol. The van der Waals surface area contributed by atoms with Crippen LogP contribution >= 0.6 is 0 Å². The van der Waals surface area contributed by atoms with Crippen LogP contribution in [0.15, 0.2) is 77.7 Å². The first-order valence-corrected chi connectivity index (χ1v) is 13.3. The Morgan fingerprint density at radius 3 is 2.26 bits per heavy atom. The third-order valence-corrected chi connectivity index (χ3v) is 6.86. The highest BCUT2D eigenvalue weighted by molar-refractivity contribution is 7.90. The maximum atomic E-state index is 11.7. The maximum Gasteiger partial charge on any atom is 0.409 e. The van der Waals surface area contributed by atoms with E-state index in [0.29, 0.717) is 22.9 Å². The molecule has 0 heterocycles. The molecule has 0 aliphatic heterocycles. The van der Waals surface area contributed by atoms with Gasteiger partial charge in [-0.05, 0) is 54.8 Å². The van der Waals surface area contributed by atoms with Crippen molar-refractivity contribution in [3.63, 3.8) is 0 Å². The molecule has 1 saturated carbocycles. The summed E-state index contributed by atoms with van der Waals surface area (Å²) in [6, 6.07) is 23.7. The van der Waals surface area contributed by atoms with Gasteiger partial charge >= 0.3 is 6.09 Å². The minimum Gasteiger partial charge on any atom is -0.465 e. The summed E-state index contributed by atoms with van der Waals surface area (Å²) < 4.78 is 23.5. The molecule has 35 heavy (non-hydrogen) atoms. The van der Waals surface area contributed by atoms with Crippen molar-refractivity contribution >= 4 is 27.3 Å². The van der Waals surface area contributed by atoms with E-state index in [2.05, 4.69) is 16.7 Å². The lowest BCUT2D eigenvalue weighted by Crippen LogP contribution is -2.22. The fourth-order valence-corrected chi connectivity index (χ4v) is 4.96. The molecule has 0 aromatic heterocycles. The number of amides is 1. The molecule has 0 radical (unpaired) electrons. The molecule has 1 aliphatic carbocycles. The molecule has 0 spiro atoms. The van der Waals surface area contributed by atoms with Crippen LogP contribution < -0.4 is 10.6 Å². The molecule has 3 aromatic carbocycles. The first-order valence-electron chi connectivity index (χ1n) is 11.4. The second kappa shape index (κ2) is 12.0. The molecule has 1 aliphatic rings. The number of carboxylic acid groups (broad SMARTS) is 1. The van der Waals surface area contributed by atoms with Crippen molar-refractivity contribution in [2.75, 3.05) is 16.9 Å². The Morgan fingerprint density at radius 2 is 1.63 bits per heavy atom. The summed E-state index contributed by atoms with van der Waals surface area (Å²) in [5, 5.41) is 23.1. The van der Waals surface area contributed by atoms with E-state index in [9.17, 15) is 13.2 Å². The van der Waals surface area contributed by atoms with Gasteiger partial charge in [0.05, 0.1) is 16.5 Å². The van der Waals surface area contributed by atoms with E-state index < -0.39 is 15.9 Å². The summed E-state index contributed by atoms with van der Waals surface area (Å²) in [6.45, 7) is 0. The maximum absolute atomic E-state index is 11.7. The van der Waals surface area contributed by atoms with Gasteiger partial charge in [-0.3, -0.25) is 5.32 Å². The molecule has 3 N–H and O–H groups in total. The highest BCUT2D eigenvalue weighted by atomic mass is 32.2. The predicted octanol–water partition coefficient (Wildman–Crippen LogP) is 6.15. The Balaban J connectivity index is 0.000000203. The van der Waals surface area contributed by atoms with E-state index >= 15 is 0 Å². The van der Waals surface area contributed by atoms with Crippen molar-refractivity contribution in [3.8, 4) is 17.2 Å². The van der Waals surface area contributed by atoms with Gasteiger partial charge in [-0.25, -0.2) is 13.2 Å². The number of benzene rings is 3. The van der Waals surface area contributed by atoms with Gasteiger partial charge in [-0.1, -0.05) is 55.7 Å². The van der Waals surface area contributed by atoms with Crippen molar-refractivity contribution in [1.82, 2.24) is 0 Å². The van der Waals surface area contributed by atoms with Gasteiger partial charge in [0, 0.05) is 29.2 Å². The molecule has 7 nitrogen and oxygen atoms in total. The summed E-state index contributed by atoms with van der Waals surface area (Å²) in [5.41, 5.74) is 3.55. The Bertz CT molecular complexity index is 1290. The molecule has 0 atom stereocenters. The van der Waals surface area contributed by atoms with Gasteiger partial charge < -0.3 is 10.4 Å². The number of nitrogens with one attached hydrogen (secondary N) is 2. The lowest BCUT2D eigenvalue weighted by atomic mass is 9.95. The largest absolute Gasteiger partial charge is 0.465 e. The highest BCUT2D eigenvalue weighted by Crippen LogP contribution is 2.28. The smallest absolute Gasteiger partial charge is 0.409 e. The van der Waals surface area contributed by atoms with E-state index in [4.69, 9.17) is 10.4 Å². The van der Waals surface area contributed by atoms with Crippen LogP contribution in [0.5, 0.6) is 0 Å². The summed E-state index contributed by atoms with van der Waals surface area (Å²) in [5.74, 6) is 0. The van der Waals surface area contributed by atoms with Gasteiger partial charge in [0.15, 0.2) is 9.84 Å². The molecule has 1 fully saturated rings. The Labute approximate surface area is 206 Å². The van der Waals surface area contributed by atoms with Crippen molar-refractivity contribution < 1.29 is 18.3 Å². The van der Waals surface area contributed by atoms with Crippen LogP contribution in [0.4, 0.5) is 16.2 Å². The first kappa shape index (κ1) is 25.8. The molecule has 0 unspecified atom stereocenters. The summed E-state index contributed by atoms with van der Waals surface area (Å²) >= 11 is 0. The quantitative estimate of drug-likeness (QED) is 0.394. The number of anilines is 2. The SMILES string of the molecule is CS(=O)(=O)c1ccccc1-c1ccc(NC(=O)O)cc1.N#Cc1cccc(NC2CCCCC2)c1. The fraction of sp³-hybridized carbons (Fsp3) is 0.259. The molecule has 1 amide bonds. The zero-order valence-corrected chi connectivity index (χ0v) is 20.4. The summed E-state index contributed by atoms with van der Waals surface area (Å²) in [6.07, 6.45) is 6.57. The number of hydrogen-bond donors (Lipinski definition) is 3. The van der Waals surface area contributed by atoms with Crippen LogP contribution in [0.3, 0.4) is 0 Å². The standard InChI is InChI=1S/C14H13NO4S.C13H16N2/c1-20(18,19)13-5-3-2-4-12(13)10-6-8-11(9-7-10)15-14(16)17;14-10-11-5-4-8-13(9-11)15-12-6-2-1-3-7-12/h2-9,15H,1H3,(H,16,17);4-5,8-9,12,15H,1-3,6-7H2. The minimum atomic E-state index is -3.32. The van der Waals surface area contributed by atoms with Gasteiger partial charge in [-0.2, -0.15) is 5.26 Å². The highest BCUT2D eigenvalue weighted by Gasteiger charge is 2.14. The number of carbonyl (C=O) groups is 1. The van der Waals surface area contributed by atoms with E-state index in [0.717, 1.165) is 17.5 Å². The number of sulfone groups is 1. The van der Waals surface area contributed by atoms with Gasteiger partial charge in [0.1, 0.15) is 0 Å². The minimum absolute atomic E-state index is 0.249. The van der Waals surface area contributed by atoms with E-state index in [1.807, 2.05) is 24.3 Å². The monoisotopic (exact) mass is 491 g/mol. The van der Waals surface area contributed by atoms with Crippen molar-refractivity contribution in [3.05, 3.63) is 78.4 Å². The zero-order valence-electron chi connectivity index (χ0n) is 19.6. The van der Waals surface area contributed by atoms with Gasteiger partial charge in [-0.15, -0.1) is 0 Å². The Morgan fingerprint density at radius 1 is 0.943 bits per heavy atom. The molecule has 182 valence electrons. The topological polar surface area (TPSA) is 119 Å². The van der Waals surface area contributed by atoms with E-state index in [1.54, 1.807) is 48.5 Å². The Hall–Kier alpha value is -3.83.